The number of hydrogen-bond donors (Lipinski definition) is 2. The average Bonchev–Trinajstić information content (AvgIpc) is 2.83. The van der Waals surface area contributed by atoms with Gasteiger partial charge in [-0.1, -0.05) is 23.7 Å². The third kappa shape index (κ3) is 6.81. The van der Waals surface area contributed by atoms with Crippen LogP contribution in [-0.2, 0) is 11.3 Å². The fourth-order valence-corrected chi connectivity index (χ4v) is 4.39. The summed E-state index contributed by atoms with van der Waals surface area (Å²) in [4.78, 5) is 35.0. The summed E-state index contributed by atoms with van der Waals surface area (Å²) in [5.74, 6) is 0.282. The summed E-state index contributed by atoms with van der Waals surface area (Å²) in [5.41, 5.74) is 6.58. The van der Waals surface area contributed by atoms with Gasteiger partial charge in [-0.2, -0.15) is 0 Å². The summed E-state index contributed by atoms with van der Waals surface area (Å²) in [6.07, 6.45) is 2.16. The van der Waals surface area contributed by atoms with E-state index in [1.165, 1.54) is 29.3 Å². The number of aliphatic hydroxyl groups is 1. The summed E-state index contributed by atoms with van der Waals surface area (Å²) in [7, 11) is 0. The number of nitrogen functional groups attached to an aromatic ring is 1. The highest BCUT2D eigenvalue weighted by molar-refractivity contribution is 8.17. The first-order chi connectivity index (χ1) is 17.2. The molecular weight excluding hydrogens is 507 g/mol. The number of nitrogens with two attached hydrogens (primary N) is 1. The van der Waals surface area contributed by atoms with Crippen LogP contribution in [-0.4, -0.2) is 38.1 Å². The Kier molecular flexibility index (Phi) is 9.40. The first-order valence-corrected chi connectivity index (χ1v) is 12.0. The van der Waals surface area contributed by atoms with Crippen molar-refractivity contribution in [3.8, 4) is 11.5 Å². The molecule has 0 unspecified atom stereocenters. The highest BCUT2D eigenvalue weighted by atomic mass is 35.5. The highest BCUT2D eigenvalue weighted by Gasteiger charge is 2.23. The number of hydrogen-bond acceptors (Lipinski definition) is 8. The highest BCUT2D eigenvalue weighted by Crippen LogP contribution is 2.35. The average molecular weight is 531 g/mol. The molecule has 1 amide bonds. The first-order valence-electron chi connectivity index (χ1n) is 10.8. The lowest BCUT2D eigenvalue weighted by Crippen LogP contribution is -2.22. The molecule has 8 nitrogen and oxygen atoms in total. The van der Waals surface area contributed by atoms with Gasteiger partial charge in [0.2, 0.25) is 11.5 Å². The number of carbonyl (C=O) groups is 2. The zero-order valence-corrected chi connectivity index (χ0v) is 21.1. The summed E-state index contributed by atoms with van der Waals surface area (Å²) < 4.78 is 20.6. The molecule has 0 aliphatic heterocycles. The lowest BCUT2D eigenvalue weighted by Gasteiger charge is -2.22. The normalized spacial score (nSPS) is 11.6. The topological polar surface area (TPSA) is 119 Å². The molecular formula is C25H24ClFN4O4S. The van der Waals surface area contributed by atoms with Crippen molar-refractivity contribution in [1.82, 2.24) is 14.9 Å². The van der Waals surface area contributed by atoms with E-state index in [4.69, 9.17) is 22.1 Å². The lowest BCUT2D eigenvalue weighted by molar-refractivity contribution is -0.116. The van der Waals surface area contributed by atoms with Crippen molar-refractivity contribution in [2.45, 2.75) is 26.8 Å². The minimum Gasteiger partial charge on any atom is -0.456 e. The predicted molar refractivity (Wildman–Crippen MR) is 137 cm³/mol. The summed E-state index contributed by atoms with van der Waals surface area (Å²) in [6, 6.07) is 10.5. The number of halogens is 2. The van der Waals surface area contributed by atoms with Gasteiger partial charge in [0.15, 0.2) is 0 Å². The van der Waals surface area contributed by atoms with Crippen molar-refractivity contribution in [3.63, 3.8) is 0 Å². The Hall–Kier alpha value is -3.47. The fourth-order valence-electron chi connectivity index (χ4n) is 3.23. The van der Waals surface area contributed by atoms with Gasteiger partial charge in [-0.3, -0.25) is 9.59 Å². The van der Waals surface area contributed by atoms with Crippen molar-refractivity contribution >= 4 is 40.7 Å². The summed E-state index contributed by atoms with van der Waals surface area (Å²) in [5, 5.41) is 9.37. The SMILES string of the molecule is C/C(=C(\CCO)SC(=O)c1c(F)cccc1Oc1cccc(Cl)c1)N(C=O)Cc1cnc(C)nc1N. The Morgan fingerprint density at radius 3 is 2.72 bits per heavy atom. The predicted octanol–water partition coefficient (Wildman–Crippen LogP) is 5.10. The number of anilines is 1. The molecule has 188 valence electrons. The number of benzene rings is 2. The van der Waals surface area contributed by atoms with Gasteiger partial charge in [0, 0.05) is 40.4 Å². The van der Waals surface area contributed by atoms with Crippen LogP contribution in [0.5, 0.6) is 11.5 Å². The molecule has 0 spiro atoms. The van der Waals surface area contributed by atoms with Crippen molar-refractivity contribution < 1.29 is 23.8 Å². The van der Waals surface area contributed by atoms with E-state index in [1.807, 2.05) is 0 Å². The molecule has 3 rings (SSSR count). The molecule has 2 aromatic carbocycles. The smallest absolute Gasteiger partial charge is 0.230 e. The van der Waals surface area contributed by atoms with Crippen LogP contribution in [0, 0.1) is 12.7 Å². The maximum Gasteiger partial charge on any atom is 0.230 e. The Bertz CT molecular complexity index is 1300. The molecule has 3 aromatic rings. The standard InChI is InChI=1S/C25H24ClFN4O4S/c1-15(31(14-33)13-17-12-29-16(2)30-24(17)28)22(9-10-32)36-25(34)23-20(27)7-4-8-21(23)35-19-6-3-5-18(26)11-19/h3-8,11-12,14,32H,9-10,13H2,1-2H3,(H2,28,29,30)/b22-15-. The molecule has 1 aromatic heterocycles. The number of amides is 1. The second-order valence-electron chi connectivity index (χ2n) is 7.61. The third-order valence-corrected chi connectivity index (χ3v) is 6.45. The van der Waals surface area contributed by atoms with Crippen LogP contribution in [0.2, 0.25) is 5.02 Å². The monoisotopic (exact) mass is 530 g/mol. The largest absolute Gasteiger partial charge is 0.456 e. The van der Waals surface area contributed by atoms with Gasteiger partial charge in [-0.25, -0.2) is 14.4 Å². The van der Waals surface area contributed by atoms with Gasteiger partial charge in [0.1, 0.15) is 34.5 Å². The minimum atomic E-state index is -0.773. The van der Waals surface area contributed by atoms with Crippen molar-refractivity contribution in [1.29, 1.82) is 0 Å². The van der Waals surface area contributed by atoms with E-state index < -0.39 is 10.9 Å². The number of ether oxygens (including phenoxy) is 1. The molecule has 0 radical (unpaired) electrons. The second-order valence-corrected chi connectivity index (χ2v) is 9.11. The van der Waals surface area contributed by atoms with Crippen molar-refractivity contribution in [3.05, 3.63) is 87.1 Å². The maximum absolute atomic E-state index is 14.8. The zero-order chi connectivity index (χ0) is 26.2. The van der Waals surface area contributed by atoms with E-state index in [-0.39, 0.29) is 36.7 Å². The van der Waals surface area contributed by atoms with Crippen LogP contribution in [0.1, 0.15) is 35.1 Å². The van der Waals surface area contributed by atoms with Crippen LogP contribution in [0.3, 0.4) is 0 Å². The molecule has 0 saturated carbocycles. The zero-order valence-electron chi connectivity index (χ0n) is 19.6. The van der Waals surface area contributed by atoms with Crippen LogP contribution in [0.15, 0.2) is 59.3 Å². The van der Waals surface area contributed by atoms with Crippen LogP contribution >= 0.6 is 23.4 Å². The molecule has 0 aliphatic rings. The number of aryl methyl sites for hydroxylation is 1. The maximum atomic E-state index is 14.8. The molecule has 0 saturated heterocycles. The Balaban J connectivity index is 1.91. The van der Waals surface area contributed by atoms with Crippen molar-refractivity contribution in [2.75, 3.05) is 12.3 Å². The molecule has 0 atom stereocenters. The molecule has 0 aliphatic carbocycles. The van der Waals surface area contributed by atoms with Crippen LogP contribution in [0.25, 0.3) is 0 Å². The Morgan fingerprint density at radius 1 is 1.31 bits per heavy atom. The number of allylic oxidation sites excluding steroid dienone is 1. The van der Waals surface area contributed by atoms with E-state index in [9.17, 15) is 19.1 Å². The molecule has 0 bridgehead atoms. The van der Waals surface area contributed by atoms with Gasteiger partial charge in [-0.15, -0.1) is 0 Å². The Labute approximate surface area is 217 Å². The number of nitrogens with zero attached hydrogens (tertiary/aromatic N) is 3. The van der Waals surface area contributed by atoms with E-state index in [2.05, 4.69) is 9.97 Å². The van der Waals surface area contributed by atoms with Crippen molar-refractivity contribution in [2.24, 2.45) is 0 Å². The Morgan fingerprint density at radius 2 is 2.06 bits per heavy atom. The number of carbonyl (C=O) groups excluding carboxylic acids is 2. The molecule has 36 heavy (non-hydrogen) atoms. The van der Waals surface area contributed by atoms with Gasteiger partial charge in [0.25, 0.3) is 0 Å². The first kappa shape index (κ1) is 27.1. The van der Waals surface area contributed by atoms with Gasteiger partial charge in [-0.05, 0) is 55.9 Å². The molecule has 1 heterocycles. The number of rotatable bonds is 10. The quantitative estimate of drug-likeness (QED) is 0.348. The van der Waals surface area contributed by atoms with Crippen LogP contribution in [0.4, 0.5) is 10.2 Å². The number of thioether (sulfide) groups is 1. The number of aromatic nitrogens is 2. The summed E-state index contributed by atoms with van der Waals surface area (Å²) in [6.45, 7) is 3.07. The number of aliphatic hydroxyl groups excluding tert-OH is 1. The lowest BCUT2D eigenvalue weighted by atomic mass is 10.2. The van der Waals surface area contributed by atoms with Gasteiger partial charge >= 0.3 is 0 Å². The van der Waals surface area contributed by atoms with Crippen LogP contribution < -0.4 is 10.5 Å². The molecule has 3 N–H and O–H groups in total. The fraction of sp³-hybridized carbons (Fsp3) is 0.200. The molecule has 0 fully saturated rings. The van der Waals surface area contributed by atoms with E-state index in [0.717, 1.165) is 6.07 Å². The third-order valence-electron chi connectivity index (χ3n) is 5.08. The van der Waals surface area contributed by atoms with Gasteiger partial charge < -0.3 is 20.5 Å². The second kappa shape index (κ2) is 12.5. The van der Waals surface area contributed by atoms with E-state index in [1.54, 1.807) is 32.0 Å². The molecule has 11 heteroatoms. The van der Waals surface area contributed by atoms with E-state index >= 15 is 0 Å². The minimum absolute atomic E-state index is 0.00703. The van der Waals surface area contributed by atoms with E-state index in [0.29, 0.717) is 50.9 Å². The summed E-state index contributed by atoms with van der Waals surface area (Å²) >= 11 is 6.70. The van der Waals surface area contributed by atoms with Gasteiger partial charge in [0.05, 0.1) is 6.54 Å².